The van der Waals surface area contributed by atoms with Crippen LogP contribution in [0.5, 0.6) is 5.75 Å². The Kier molecular flexibility index (Phi) is 7.12. The van der Waals surface area contributed by atoms with Crippen LogP contribution >= 0.6 is 0 Å². The van der Waals surface area contributed by atoms with Gasteiger partial charge in [0.1, 0.15) is 11.4 Å². The van der Waals surface area contributed by atoms with E-state index in [9.17, 15) is 22.8 Å². The molecule has 0 radical (unpaired) electrons. The highest BCUT2D eigenvalue weighted by molar-refractivity contribution is 6.01. The van der Waals surface area contributed by atoms with Crippen LogP contribution in [0.1, 0.15) is 56.4 Å². The number of alkyl halides is 3. The van der Waals surface area contributed by atoms with Crippen LogP contribution in [0.2, 0.25) is 0 Å². The number of carbonyl (C=O) groups is 2. The molecule has 2 aromatic carbocycles. The summed E-state index contributed by atoms with van der Waals surface area (Å²) in [6, 6.07) is 10.8. The molecule has 0 bridgehead atoms. The quantitative estimate of drug-likeness (QED) is 0.385. The van der Waals surface area contributed by atoms with Gasteiger partial charge in [-0.15, -0.1) is 13.2 Å². The van der Waals surface area contributed by atoms with Gasteiger partial charge >= 0.3 is 18.4 Å². The molecule has 1 N–H and O–H groups in total. The van der Waals surface area contributed by atoms with Gasteiger partial charge in [-0.1, -0.05) is 12.1 Å². The number of ether oxygens (including phenoxy) is 3. The molecule has 0 aliphatic heterocycles. The van der Waals surface area contributed by atoms with Gasteiger partial charge in [-0.05, 0) is 75.9 Å². The first-order valence-corrected chi connectivity index (χ1v) is 11.9. The summed E-state index contributed by atoms with van der Waals surface area (Å²) < 4.78 is 54.1. The Morgan fingerprint density at radius 1 is 1.03 bits per heavy atom. The molecule has 3 aromatic rings. The molecule has 2 atom stereocenters. The molecule has 198 valence electrons. The Labute approximate surface area is 212 Å². The number of fused-ring (bicyclic) bond motifs is 1. The fraction of sp³-hybridized carbons (Fsp3) is 0.407. The van der Waals surface area contributed by atoms with Gasteiger partial charge in [0.2, 0.25) is 0 Å². The van der Waals surface area contributed by atoms with Gasteiger partial charge in [0, 0.05) is 34.7 Å². The molecule has 0 saturated heterocycles. The summed E-state index contributed by atoms with van der Waals surface area (Å²) in [4.78, 5) is 24.4. The number of rotatable bonds is 5. The number of benzene rings is 2. The van der Waals surface area contributed by atoms with E-state index >= 15 is 0 Å². The largest absolute Gasteiger partial charge is 0.573 e. The fourth-order valence-corrected chi connectivity index (χ4v) is 4.68. The standard InChI is InChI=1S/C27H29F3N2O5/c1-26(2,3)37-25(34)31-18-8-9-19(14-18)32-15-22(16-5-10-20(11-6-16)36-27(28,29)30)21-13-17(24(33)35-4)7-12-23(21)32/h5-7,10-13,15,18-19H,8-9,14H2,1-4H3,(H,31,34)/t18-,19?/m1/s1. The van der Waals surface area contributed by atoms with Gasteiger partial charge < -0.3 is 24.1 Å². The van der Waals surface area contributed by atoms with E-state index in [1.54, 1.807) is 24.3 Å². The smallest absolute Gasteiger partial charge is 0.465 e. The van der Waals surface area contributed by atoms with Crippen molar-refractivity contribution >= 4 is 23.0 Å². The van der Waals surface area contributed by atoms with E-state index in [1.807, 2.05) is 33.0 Å². The number of amides is 1. The number of aromatic nitrogens is 1. The zero-order valence-electron chi connectivity index (χ0n) is 21.0. The van der Waals surface area contributed by atoms with Crippen LogP contribution in [-0.4, -0.2) is 41.7 Å². The Morgan fingerprint density at radius 2 is 1.73 bits per heavy atom. The highest BCUT2D eigenvalue weighted by Crippen LogP contribution is 2.39. The Morgan fingerprint density at radius 3 is 2.35 bits per heavy atom. The number of nitrogens with one attached hydrogen (secondary N) is 1. The first-order chi connectivity index (χ1) is 17.3. The van der Waals surface area contributed by atoms with E-state index in [2.05, 4.69) is 14.6 Å². The van der Waals surface area contributed by atoms with Crippen molar-refractivity contribution in [2.24, 2.45) is 0 Å². The van der Waals surface area contributed by atoms with E-state index in [-0.39, 0.29) is 17.8 Å². The summed E-state index contributed by atoms with van der Waals surface area (Å²) in [6.07, 6.45) is -1.05. The average Bonchev–Trinajstić information content (AvgIpc) is 3.40. The number of alkyl carbamates (subject to hydrolysis) is 1. The monoisotopic (exact) mass is 518 g/mol. The SMILES string of the molecule is COC(=O)c1ccc2c(c1)c(-c1ccc(OC(F)(F)F)cc1)cn2C1CC[C@@H](NC(=O)OC(C)(C)C)C1. The van der Waals surface area contributed by atoms with Gasteiger partial charge in [-0.25, -0.2) is 9.59 Å². The number of hydrogen-bond acceptors (Lipinski definition) is 5. The van der Waals surface area contributed by atoms with Crippen LogP contribution in [0, 0.1) is 0 Å². The van der Waals surface area contributed by atoms with Crippen molar-refractivity contribution in [3.63, 3.8) is 0 Å². The molecule has 10 heteroatoms. The normalized spacial score (nSPS) is 18.0. The van der Waals surface area contributed by atoms with Crippen LogP contribution < -0.4 is 10.1 Å². The molecule has 0 spiro atoms. The summed E-state index contributed by atoms with van der Waals surface area (Å²) in [6.45, 7) is 5.42. The zero-order chi connectivity index (χ0) is 27.0. The summed E-state index contributed by atoms with van der Waals surface area (Å²) in [5, 5.41) is 3.70. The Balaban J connectivity index is 1.65. The lowest BCUT2D eigenvalue weighted by Gasteiger charge is -2.22. The second kappa shape index (κ2) is 9.99. The average molecular weight is 519 g/mol. The first kappa shape index (κ1) is 26.4. The van der Waals surface area contributed by atoms with Crippen molar-refractivity contribution < 1.29 is 37.0 Å². The lowest BCUT2D eigenvalue weighted by Crippen LogP contribution is -2.38. The van der Waals surface area contributed by atoms with Crippen molar-refractivity contribution in [1.29, 1.82) is 0 Å². The first-order valence-electron chi connectivity index (χ1n) is 11.9. The molecular formula is C27H29F3N2O5. The topological polar surface area (TPSA) is 78.8 Å². The van der Waals surface area contributed by atoms with Crippen LogP contribution in [0.4, 0.5) is 18.0 Å². The van der Waals surface area contributed by atoms with Crippen molar-refractivity contribution in [1.82, 2.24) is 9.88 Å². The lowest BCUT2D eigenvalue weighted by molar-refractivity contribution is -0.274. The number of hydrogen-bond donors (Lipinski definition) is 1. The third-order valence-corrected chi connectivity index (χ3v) is 6.17. The van der Waals surface area contributed by atoms with Gasteiger partial charge in [-0.2, -0.15) is 0 Å². The highest BCUT2D eigenvalue weighted by atomic mass is 19.4. The number of carbonyl (C=O) groups excluding carboxylic acids is 2. The van der Waals surface area contributed by atoms with E-state index in [4.69, 9.17) is 9.47 Å². The maximum absolute atomic E-state index is 12.6. The van der Waals surface area contributed by atoms with Crippen LogP contribution in [-0.2, 0) is 9.47 Å². The van der Waals surface area contributed by atoms with Gasteiger partial charge in [0.05, 0.1) is 12.7 Å². The second-order valence-electron chi connectivity index (χ2n) is 10.1. The summed E-state index contributed by atoms with van der Waals surface area (Å²) >= 11 is 0. The Bertz CT molecular complexity index is 1290. The summed E-state index contributed by atoms with van der Waals surface area (Å²) in [5.74, 6) is -0.806. The van der Waals surface area contributed by atoms with Gasteiger partial charge in [0.25, 0.3) is 0 Å². The van der Waals surface area contributed by atoms with Crippen molar-refractivity contribution in [2.75, 3.05) is 7.11 Å². The van der Waals surface area contributed by atoms with Crippen molar-refractivity contribution in [3.8, 4) is 16.9 Å². The minimum atomic E-state index is -4.78. The van der Waals surface area contributed by atoms with E-state index in [0.717, 1.165) is 29.3 Å². The number of esters is 1. The second-order valence-corrected chi connectivity index (χ2v) is 10.1. The van der Waals surface area contributed by atoms with E-state index in [1.165, 1.54) is 19.2 Å². The molecule has 1 heterocycles. The molecule has 1 saturated carbocycles. The predicted molar refractivity (Wildman–Crippen MR) is 131 cm³/mol. The molecule has 37 heavy (non-hydrogen) atoms. The third-order valence-electron chi connectivity index (χ3n) is 6.17. The maximum atomic E-state index is 12.6. The molecule has 1 fully saturated rings. The molecule has 1 amide bonds. The Hall–Kier alpha value is -3.69. The summed E-state index contributed by atoms with van der Waals surface area (Å²) in [5.41, 5.74) is 2.05. The number of nitrogens with zero attached hydrogens (tertiary/aromatic N) is 1. The number of methoxy groups -OCH3 is 1. The minimum absolute atomic E-state index is 0.0612. The maximum Gasteiger partial charge on any atom is 0.573 e. The van der Waals surface area contributed by atoms with Crippen LogP contribution in [0.25, 0.3) is 22.0 Å². The molecule has 1 aromatic heterocycles. The highest BCUT2D eigenvalue weighted by Gasteiger charge is 2.32. The third kappa shape index (κ3) is 6.36. The molecule has 1 unspecified atom stereocenters. The van der Waals surface area contributed by atoms with Gasteiger partial charge in [-0.3, -0.25) is 0 Å². The number of halogens is 3. The molecule has 1 aliphatic rings. The van der Waals surface area contributed by atoms with Crippen LogP contribution in [0.3, 0.4) is 0 Å². The minimum Gasteiger partial charge on any atom is -0.465 e. The van der Waals surface area contributed by atoms with Crippen molar-refractivity contribution in [2.45, 2.75) is 64.1 Å². The van der Waals surface area contributed by atoms with E-state index in [0.29, 0.717) is 17.5 Å². The van der Waals surface area contributed by atoms with Crippen molar-refractivity contribution in [3.05, 3.63) is 54.2 Å². The van der Waals surface area contributed by atoms with E-state index < -0.39 is 24.0 Å². The molecule has 1 aliphatic carbocycles. The molecular weight excluding hydrogens is 489 g/mol. The predicted octanol–water partition coefficient (Wildman–Crippen LogP) is 6.61. The fourth-order valence-electron chi connectivity index (χ4n) is 4.68. The summed E-state index contributed by atoms with van der Waals surface area (Å²) in [7, 11) is 1.30. The zero-order valence-corrected chi connectivity index (χ0v) is 21.0. The van der Waals surface area contributed by atoms with Crippen LogP contribution in [0.15, 0.2) is 48.7 Å². The molecule has 4 rings (SSSR count). The van der Waals surface area contributed by atoms with Gasteiger partial charge in [0.15, 0.2) is 0 Å². The lowest BCUT2D eigenvalue weighted by atomic mass is 10.0. The molecule has 7 nitrogen and oxygen atoms in total.